The molecule has 0 bridgehead atoms. The smallest absolute Gasteiger partial charge is 0.242 e. The van der Waals surface area contributed by atoms with E-state index in [0.717, 1.165) is 88.1 Å². The van der Waals surface area contributed by atoms with Crippen molar-refractivity contribution in [1.82, 2.24) is 13.6 Å². The molecule has 29 heteroatoms. The molecule has 2 aromatic heterocycles. The van der Waals surface area contributed by atoms with Crippen LogP contribution in [-0.4, -0.2) is 196 Å². The molecular weight excluding hydrogens is 1450 g/mol. The van der Waals surface area contributed by atoms with E-state index in [1.807, 2.05) is 60.8 Å². The van der Waals surface area contributed by atoms with E-state index in [-0.39, 0.29) is 93.0 Å². The zero-order valence-electron chi connectivity index (χ0n) is 59.0. The van der Waals surface area contributed by atoms with E-state index in [0.29, 0.717) is 72.5 Å². The summed E-state index contributed by atoms with van der Waals surface area (Å²) in [6.45, 7) is -2.21. The van der Waals surface area contributed by atoms with Crippen LogP contribution >= 0.6 is 23.2 Å². The zero-order valence-corrected chi connectivity index (χ0v) is 62.2. The number of carbonyl (C=O) groups is 2. The third kappa shape index (κ3) is 22.5. The number of unbranched alkanes of at least 4 members (excludes halogenated alkanes) is 4. The van der Waals surface area contributed by atoms with Gasteiger partial charge in [-0.1, -0.05) is 79.9 Å². The number of para-hydroxylation sites is 2. The number of sulfonamides is 2. The van der Waals surface area contributed by atoms with Crippen molar-refractivity contribution < 1.29 is 101 Å². The molecule has 4 fully saturated rings. The van der Waals surface area contributed by atoms with Crippen LogP contribution in [0.5, 0.6) is 11.5 Å². The number of aliphatic hydroxyl groups excluding tert-OH is 10. The molecule has 0 saturated heterocycles. The van der Waals surface area contributed by atoms with Crippen LogP contribution in [0.25, 0.3) is 22.3 Å². The first-order chi connectivity index (χ1) is 50.2. The standard InChI is InChI=1S/C38H49ClN2O11S.C38H49ClN2O10S.CH4/c1-40(17-6-2-3-7-27(44)19-25(22-42)36(46)37(47)34(45)23-43)53(49,50)29-12-13-33(39)26(20-29)24-51-38(15-16-38)32-21-41(48)18-14-30(32)31-8-4-5-9-35(31)52-28-10-11-28;1-41(18-6-2-3-7-27(44)19-25(22-42)36(46)37(47)34(45)23-43)52(48,49)29-12-13-33(39)26(20-29)24-50-38(15-16-38)32-21-40-17-14-30(32)31-8-4-5-9-35(31)51-28-10-11-28;/h4-5,8-9,12-14,18,20-21,25,28,34,36-37,42-43,45-47H,2-3,6-7,10-11,15-17,19,22-24H2,1H3;4-5,8-9,12-14,17,20-21,25,28,34,36-37,42-43,45-47H,2-3,6-7,10-11,15-16,18-19,22-24H2,1H3;1H4/t2*25-,34+,36+,37+;/m00./s1. The van der Waals surface area contributed by atoms with E-state index in [2.05, 4.69) is 4.98 Å². The number of ketones is 2. The number of halogens is 2. The van der Waals surface area contributed by atoms with Crippen LogP contribution < -0.4 is 14.2 Å². The van der Waals surface area contributed by atoms with Gasteiger partial charge >= 0.3 is 0 Å². The Morgan fingerprint density at radius 3 is 1.38 bits per heavy atom. The zero-order chi connectivity index (χ0) is 75.8. The van der Waals surface area contributed by atoms with Gasteiger partial charge in [0.05, 0.1) is 71.8 Å². The lowest BCUT2D eigenvalue weighted by molar-refractivity contribution is -0.606. The second-order valence-corrected chi connectivity index (χ2v) is 32.8. The quantitative estimate of drug-likeness (QED) is 0.00989. The molecule has 10 rings (SSSR count). The summed E-state index contributed by atoms with van der Waals surface area (Å²) in [5.41, 5.74) is 5.04. The summed E-state index contributed by atoms with van der Waals surface area (Å²) in [7, 11) is -4.79. The van der Waals surface area contributed by atoms with Crippen LogP contribution in [0.1, 0.15) is 145 Å². The molecule has 4 saturated carbocycles. The summed E-state index contributed by atoms with van der Waals surface area (Å²) >= 11 is 13.1. The molecule has 25 nitrogen and oxygen atoms in total. The Morgan fingerprint density at radius 1 is 0.557 bits per heavy atom. The number of benzene rings is 4. The number of rotatable bonds is 44. The molecule has 0 radical (unpaired) electrons. The lowest BCUT2D eigenvalue weighted by atomic mass is 9.90. The van der Waals surface area contributed by atoms with Crippen molar-refractivity contribution in [2.24, 2.45) is 11.8 Å². The van der Waals surface area contributed by atoms with E-state index < -0.39 is 106 Å². The average Bonchev–Trinajstić information content (AvgIpc) is 1.18. The molecule has 4 aliphatic carbocycles. The first kappa shape index (κ1) is 85.4. The highest BCUT2D eigenvalue weighted by Crippen LogP contribution is 2.55. The third-order valence-electron chi connectivity index (χ3n) is 19.7. The molecule has 6 aromatic rings. The van der Waals surface area contributed by atoms with E-state index in [1.165, 1.54) is 59.4 Å². The molecule has 0 spiro atoms. The van der Waals surface area contributed by atoms with E-state index in [4.69, 9.17) is 52.4 Å². The molecule has 8 atom stereocenters. The van der Waals surface area contributed by atoms with Gasteiger partial charge in [0.15, 0.2) is 12.4 Å². The number of ether oxygens (including phenoxy) is 4. The largest absolute Gasteiger partial charge is 0.619 e. The summed E-state index contributed by atoms with van der Waals surface area (Å²) in [6, 6.07) is 28.5. The van der Waals surface area contributed by atoms with Crippen molar-refractivity contribution in [3.8, 4) is 33.8 Å². The van der Waals surface area contributed by atoms with Crippen LogP contribution in [0.4, 0.5) is 0 Å². The number of hydrogen-bond acceptors (Lipinski definition) is 22. The van der Waals surface area contributed by atoms with Crippen molar-refractivity contribution in [3.05, 3.63) is 159 Å². The Balaban J connectivity index is 0.000000265. The maximum Gasteiger partial charge on any atom is 0.242 e. The monoisotopic (exact) mass is 1550 g/mol. The van der Waals surface area contributed by atoms with E-state index in [1.54, 1.807) is 24.4 Å². The van der Waals surface area contributed by atoms with Gasteiger partial charge in [0.2, 0.25) is 20.0 Å². The van der Waals surface area contributed by atoms with Gasteiger partial charge in [0.1, 0.15) is 53.1 Å². The highest BCUT2D eigenvalue weighted by atomic mass is 35.5. The number of carbonyl (C=O) groups excluding carboxylic acids is 2. The molecule has 106 heavy (non-hydrogen) atoms. The summed E-state index contributed by atoms with van der Waals surface area (Å²) in [6.07, 6.45) is 7.01. The van der Waals surface area contributed by atoms with Crippen molar-refractivity contribution in [3.63, 3.8) is 0 Å². The van der Waals surface area contributed by atoms with Gasteiger partial charge in [0, 0.05) is 129 Å². The second kappa shape index (κ2) is 39.0. The number of nitrogens with zero attached hydrogens (tertiary/aromatic N) is 4. The Kier molecular flexibility index (Phi) is 31.4. The number of aromatic nitrogens is 2. The van der Waals surface area contributed by atoms with Crippen molar-refractivity contribution in [2.75, 3.05) is 53.6 Å². The topological polar surface area (TPSA) is 388 Å². The lowest BCUT2D eigenvalue weighted by Gasteiger charge is -2.27. The predicted octanol–water partition coefficient (Wildman–Crippen LogP) is 7.82. The molecule has 10 N–H and O–H groups in total. The van der Waals surface area contributed by atoms with Crippen molar-refractivity contribution >= 4 is 54.8 Å². The van der Waals surface area contributed by atoms with E-state index >= 15 is 0 Å². The number of hydrogen-bond donors (Lipinski definition) is 10. The molecule has 2 heterocycles. The minimum Gasteiger partial charge on any atom is -0.619 e. The molecule has 0 aliphatic heterocycles. The first-order valence-corrected chi connectivity index (χ1v) is 39.4. The third-order valence-corrected chi connectivity index (χ3v) is 24.2. The van der Waals surface area contributed by atoms with Gasteiger partial charge < -0.3 is 75.2 Å². The Bertz CT molecular complexity index is 4110. The summed E-state index contributed by atoms with van der Waals surface area (Å²) in [5.74, 6) is -0.937. The van der Waals surface area contributed by atoms with Gasteiger partial charge in [-0.25, -0.2) is 25.4 Å². The average molecular weight is 1550 g/mol. The van der Waals surface area contributed by atoms with Crippen LogP contribution in [0, 0.1) is 17.0 Å². The maximum atomic E-state index is 13.5. The van der Waals surface area contributed by atoms with Crippen molar-refractivity contribution in [1.29, 1.82) is 0 Å². The summed E-state index contributed by atoms with van der Waals surface area (Å²) in [4.78, 5) is 29.5. The van der Waals surface area contributed by atoms with Crippen LogP contribution in [0.2, 0.25) is 10.0 Å². The predicted molar refractivity (Wildman–Crippen MR) is 396 cm³/mol. The Hall–Kier alpha value is -6.16. The highest BCUT2D eigenvalue weighted by molar-refractivity contribution is 7.89. The minimum atomic E-state index is -3.90. The number of aliphatic hydroxyl groups is 10. The van der Waals surface area contributed by atoms with Gasteiger partial charge in [0.25, 0.3) is 0 Å². The van der Waals surface area contributed by atoms with E-state index in [9.17, 15) is 72.5 Å². The fourth-order valence-corrected chi connectivity index (χ4v) is 15.4. The fraction of sp³-hybridized carbons (Fsp3) is 0.532. The Labute approximate surface area is 630 Å². The molecule has 582 valence electrons. The maximum absolute atomic E-state index is 13.5. The second-order valence-electron chi connectivity index (χ2n) is 27.9. The summed E-state index contributed by atoms with van der Waals surface area (Å²) < 4.78 is 82.8. The minimum absolute atomic E-state index is 0. The Morgan fingerprint density at radius 2 is 0.972 bits per heavy atom. The van der Waals surface area contributed by atoms with Gasteiger partial charge in [-0.15, -0.1) is 0 Å². The normalized spacial score (nSPS) is 17.5. The molecule has 4 aliphatic rings. The van der Waals surface area contributed by atoms with Crippen LogP contribution in [0.15, 0.2) is 132 Å². The van der Waals surface area contributed by atoms with Crippen LogP contribution in [0.3, 0.4) is 0 Å². The first-order valence-electron chi connectivity index (χ1n) is 35.7. The number of Topliss-reactive ketones (excluding diaryl/α,β-unsaturated/α-hetero) is 2. The number of pyridine rings is 2. The fourth-order valence-electron chi connectivity index (χ4n) is 12.5. The van der Waals surface area contributed by atoms with Crippen molar-refractivity contribution in [2.45, 2.75) is 206 Å². The van der Waals surface area contributed by atoms with Gasteiger partial charge in [-0.2, -0.15) is 4.73 Å². The highest BCUT2D eigenvalue weighted by Gasteiger charge is 2.50. The SMILES string of the molecule is C.CN(CCCCCC(=O)C[C@@H](CO)[C@@H](O)[C@H](O)[C@H](O)CO)S(=O)(=O)c1ccc(Cl)c(COC2(c3c[n+]([O-])ccc3-c3ccccc3OC3CC3)CC2)c1.CN(CCCCCC(=O)C[C@@H](CO)[C@@H](O)[C@H](O)[C@H](O)CO)S(=O)(=O)c1ccc(Cl)c(COC2(c3cnccc3-c3ccccc3OC3CC3)CC2)c1. The molecule has 0 unspecified atom stereocenters. The summed E-state index contributed by atoms with van der Waals surface area (Å²) in [5, 5.41) is 110. The van der Waals surface area contributed by atoms with Crippen LogP contribution in [-0.2, 0) is 63.5 Å². The molecule has 0 amide bonds. The molecule has 4 aromatic carbocycles. The lowest BCUT2D eigenvalue weighted by Crippen LogP contribution is -2.45. The van der Waals surface area contributed by atoms with Gasteiger partial charge in [-0.05, 0) is 148 Å². The molecular formula is C77H102Cl2N4O21S2. The van der Waals surface area contributed by atoms with Gasteiger partial charge in [-0.3, -0.25) is 14.6 Å².